The van der Waals surface area contributed by atoms with Crippen molar-refractivity contribution in [1.29, 1.82) is 0 Å². The Balaban J connectivity index is 1.78. The van der Waals surface area contributed by atoms with E-state index < -0.39 is 0 Å². The van der Waals surface area contributed by atoms with Crippen LogP contribution in [0.5, 0.6) is 0 Å². The van der Waals surface area contributed by atoms with Crippen LogP contribution >= 0.6 is 23.1 Å². The van der Waals surface area contributed by atoms with Crippen molar-refractivity contribution in [2.24, 2.45) is 5.92 Å². The largest absolute Gasteiger partial charge is 0.286 e. The van der Waals surface area contributed by atoms with Gasteiger partial charge in [0, 0.05) is 36.7 Å². The average molecular weight is 334 g/mol. The maximum absolute atomic E-state index is 12.5. The first-order chi connectivity index (χ1) is 10.8. The Morgan fingerprint density at radius 2 is 2.32 bits per heavy atom. The summed E-state index contributed by atoms with van der Waals surface area (Å²) >= 11 is 3.15. The Morgan fingerprint density at radius 1 is 1.45 bits per heavy atom. The molecule has 0 aromatic carbocycles. The zero-order valence-electron chi connectivity index (χ0n) is 12.4. The van der Waals surface area contributed by atoms with E-state index in [2.05, 4.69) is 15.2 Å². The van der Waals surface area contributed by atoms with Crippen LogP contribution in [0.4, 0.5) is 5.13 Å². The van der Waals surface area contributed by atoms with Crippen molar-refractivity contribution in [3.05, 3.63) is 24.5 Å². The van der Waals surface area contributed by atoms with Gasteiger partial charge in [-0.15, -0.1) is 10.2 Å². The van der Waals surface area contributed by atoms with Gasteiger partial charge in [-0.3, -0.25) is 14.7 Å². The van der Waals surface area contributed by atoms with Gasteiger partial charge in [0.1, 0.15) is 0 Å². The van der Waals surface area contributed by atoms with Crippen molar-refractivity contribution < 1.29 is 4.79 Å². The molecule has 3 rings (SSSR count). The van der Waals surface area contributed by atoms with Crippen LogP contribution in [-0.4, -0.2) is 39.6 Å². The van der Waals surface area contributed by atoms with E-state index >= 15 is 0 Å². The van der Waals surface area contributed by atoms with Crippen molar-refractivity contribution in [2.45, 2.75) is 19.3 Å². The highest BCUT2D eigenvalue weighted by Crippen LogP contribution is 2.34. The van der Waals surface area contributed by atoms with E-state index in [4.69, 9.17) is 0 Å². The molecule has 0 bridgehead atoms. The van der Waals surface area contributed by atoms with Crippen LogP contribution < -0.4 is 4.90 Å². The van der Waals surface area contributed by atoms with Crippen LogP contribution in [0.25, 0.3) is 10.6 Å². The van der Waals surface area contributed by atoms with Gasteiger partial charge in [-0.25, -0.2) is 0 Å². The summed E-state index contributed by atoms with van der Waals surface area (Å²) < 4.78 is 0. The van der Waals surface area contributed by atoms with Gasteiger partial charge in [0.2, 0.25) is 11.0 Å². The molecule has 1 fully saturated rings. The second-order valence-electron chi connectivity index (χ2n) is 5.32. The Kier molecular flexibility index (Phi) is 5.04. The van der Waals surface area contributed by atoms with Crippen LogP contribution in [0.3, 0.4) is 0 Å². The fraction of sp³-hybridized carbons (Fsp3) is 0.467. The predicted octanol–water partition coefficient (Wildman–Crippen LogP) is 3.10. The molecule has 0 N–H and O–H groups in total. The minimum atomic E-state index is 0.148. The minimum absolute atomic E-state index is 0.148. The maximum atomic E-state index is 12.5. The fourth-order valence-electron chi connectivity index (χ4n) is 2.10. The molecular formula is C15H18N4OS2. The van der Waals surface area contributed by atoms with Crippen LogP contribution in [0.1, 0.15) is 19.3 Å². The lowest BCUT2D eigenvalue weighted by molar-refractivity contribution is -0.118. The lowest BCUT2D eigenvalue weighted by Crippen LogP contribution is -2.33. The first kappa shape index (κ1) is 15.4. The summed E-state index contributed by atoms with van der Waals surface area (Å²) in [5, 5.41) is 9.98. The van der Waals surface area contributed by atoms with E-state index in [1.165, 1.54) is 24.2 Å². The van der Waals surface area contributed by atoms with Crippen LogP contribution in [0.2, 0.25) is 0 Å². The molecule has 5 nitrogen and oxygen atoms in total. The highest BCUT2D eigenvalue weighted by atomic mass is 32.2. The second-order valence-corrected chi connectivity index (χ2v) is 7.26. The number of amides is 1. The van der Waals surface area contributed by atoms with E-state index in [1.807, 2.05) is 23.3 Å². The molecule has 0 spiro atoms. The maximum Gasteiger partial charge on any atom is 0.229 e. The molecule has 0 saturated heterocycles. The number of nitrogens with zero attached hydrogens (tertiary/aromatic N) is 4. The Morgan fingerprint density at radius 3 is 3.00 bits per heavy atom. The zero-order valence-corrected chi connectivity index (χ0v) is 14.1. The molecule has 0 radical (unpaired) electrons. The summed E-state index contributed by atoms with van der Waals surface area (Å²) in [5.74, 6) is 1.62. The van der Waals surface area contributed by atoms with Gasteiger partial charge >= 0.3 is 0 Å². The molecule has 1 aliphatic rings. The molecule has 1 amide bonds. The number of carbonyl (C=O) groups excluding carboxylic acids is 1. The van der Waals surface area contributed by atoms with Gasteiger partial charge in [-0.2, -0.15) is 11.8 Å². The first-order valence-corrected chi connectivity index (χ1v) is 9.52. The molecule has 0 atom stereocenters. The lowest BCUT2D eigenvalue weighted by Gasteiger charge is -2.18. The van der Waals surface area contributed by atoms with E-state index in [1.54, 1.807) is 24.2 Å². The number of hydrogen-bond acceptors (Lipinski definition) is 6. The van der Waals surface area contributed by atoms with Crippen molar-refractivity contribution >= 4 is 34.1 Å². The van der Waals surface area contributed by atoms with E-state index in [0.717, 1.165) is 22.9 Å². The van der Waals surface area contributed by atoms with Crippen molar-refractivity contribution in [2.75, 3.05) is 23.5 Å². The van der Waals surface area contributed by atoms with E-state index in [-0.39, 0.29) is 5.91 Å². The van der Waals surface area contributed by atoms with Gasteiger partial charge in [-0.05, 0) is 37.1 Å². The molecular weight excluding hydrogens is 316 g/mol. The smallest absolute Gasteiger partial charge is 0.229 e. The Labute approximate surface area is 138 Å². The molecule has 116 valence electrons. The summed E-state index contributed by atoms with van der Waals surface area (Å²) in [6.07, 6.45) is 8.49. The third-order valence-electron chi connectivity index (χ3n) is 3.51. The summed E-state index contributed by atoms with van der Waals surface area (Å²) in [6, 6.07) is 3.83. The zero-order chi connectivity index (χ0) is 15.4. The standard InChI is InChI=1S/C15H18N4OS2/c1-21-8-6-13(20)19(10-11-4-5-11)15-18-17-14(22-15)12-3-2-7-16-9-12/h2-3,7,9,11H,4-6,8,10H2,1H3. The van der Waals surface area contributed by atoms with E-state index in [9.17, 15) is 4.79 Å². The molecule has 0 unspecified atom stereocenters. The molecule has 7 heteroatoms. The number of aromatic nitrogens is 3. The van der Waals surface area contributed by atoms with Crippen LogP contribution in [0, 0.1) is 5.92 Å². The van der Waals surface area contributed by atoms with Gasteiger partial charge in [0.05, 0.1) is 0 Å². The summed E-state index contributed by atoms with van der Waals surface area (Å²) in [6.45, 7) is 0.773. The molecule has 0 aliphatic heterocycles. The average Bonchev–Trinajstić information content (AvgIpc) is 3.25. The quantitative estimate of drug-likeness (QED) is 0.779. The number of anilines is 1. The van der Waals surface area contributed by atoms with Crippen molar-refractivity contribution in [1.82, 2.24) is 15.2 Å². The van der Waals surface area contributed by atoms with Crippen LogP contribution in [0.15, 0.2) is 24.5 Å². The summed E-state index contributed by atoms with van der Waals surface area (Å²) in [7, 11) is 0. The number of thioether (sulfide) groups is 1. The van der Waals surface area contributed by atoms with Crippen LogP contribution in [-0.2, 0) is 4.79 Å². The molecule has 1 saturated carbocycles. The molecule has 22 heavy (non-hydrogen) atoms. The van der Waals surface area contributed by atoms with Crippen molar-refractivity contribution in [3.8, 4) is 10.6 Å². The number of rotatable bonds is 7. The van der Waals surface area contributed by atoms with Gasteiger partial charge in [-0.1, -0.05) is 11.3 Å². The van der Waals surface area contributed by atoms with Gasteiger partial charge in [0.25, 0.3) is 0 Å². The predicted molar refractivity (Wildman–Crippen MR) is 91.2 cm³/mol. The summed E-state index contributed by atoms with van der Waals surface area (Å²) in [5.41, 5.74) is 0.939. The third kappa shape index (κ3) is 3.84. The molecule has 2 heterocycles. The summed E-state index contributed by atoms with van der Waals surface area (Å²) in [4.78, 5) is 18.4. The SMILES string of the molecule is CSCCC(=O)N(CC1CC1)c1nnc(-c2cccnc2)s1. The highest BCUT2D eigenvalue weighted by molar-refractivity contribution is 7.98. The number of hydrogen-bond donors (Lipinski definition) is 0. The monoisotopic (exact) mass is 334 g/mol. The molecule has 2 aromatic heterocycles. The third-order valence-corrected chi connectivity index (χ3v) is 5.12. The normalized spacial score (nSPS) is 14.0. The number of carbonyl (C=O) groups is 1. The van der Waals surface area contributed by atoms with Crippen molar-refractivity contribution in [3.63, 3.8) is 0 Å². The minimum Gasteiger partial charge on any atom is -0.286 e. The van der Waals surface area contributed by atoms with Gasteiger partial charge < -0.3 is 0 Å². The first-order valence-electron chi connectivity index (χ1n) is 7.31. The topological polar surface area (TPSA) is 59.0 Å². The Bertz CT molecular complexity index is 627. The molecule has 2 aromatic rings. The fourth-order valence-corrected chi connectivity index (χ4v) is 3.34. The second kappa shape index (κ2) is 7.19. The number of pyridine rings is 1. The van der Waals surface area contributed by atoms with Gasteiger partial charge in [0.15, 0.2) is 5.01 Å². The van der Waals surface area contributed by atoms with E-state index in [0.29, 0.717) is 17.5 Å². The lowest BCUT2D eigenvalue weighted by atomic mass is 10.3. The Hall–Kier alpha value is -1.47. The molecule has 1 aliphatic carbocycles. The highest BCUT2D eigenvalue weighted by Gasteiger charge is 2.29.